The summed E-state index contributed by atoms with van der Waals surface area (Å²) in [5, 5.41) is 12.5. The van der Waals surface area contributed by atoms with Gasteiger partial charge in [0.05, 0.1) is 30.2 Å². The van der Waals surface area contributed by atoms with Crippen LogP contribution in [0.3, 0.4) is 0 Å². The zero-order chi connectivity index (χ0) is 23.5. The van der Waals surface area contributed by atoms with Crippen LogP contribution in [-0.4, -0.2) is 25.5 Å². The van der Waals surface area contributed by atoms with E-state index < -0.39 is 0 Å². The Balaban J connectivity index is 1.30. The van der Waals surface area contributed by atoms with E-state index in [9.17, 15) is 4.79 Å². The van der Waals surface area contributed by atoms with Crippen LogP contribution in [0.2, 0.25) is 0 Å². The Morgan fingerprint density at radius 1 is 1.09 bits per heavy atom. The summed E-state index contributed by atoms with van der Waals surface area (Å²) in [6.07, 6.45) is 8.35. The maximum Gasteiger partial charge on any atom is 0.244 e. The van der Waals surface area contributed by atoms with E-state index in [2.05, 4.69) is 32.3 Å². The second-order valence-corrected chi connectivity index (χ2v) is 8.81. The first kappa shape index (κ1) is 21.9. The summed E-state index contributed by atoms with van der Waals surface area (Å²) < 4.78 is 3.99. The van der Waals surface area contributed by atoms with Gasteiger partial charge in [0.15, 0.2) is 0 Å². The Kier molecular flexibility index (Phi) is 6.12. The Morgan fingerprint density at radius 2 is 1.82 bits per heavy atom. The van der Waals surface area contributed by atoms with E-state index in [-0.39, 0.29) is 11.9 Å². The summed E-state index contributed by atoms with van der Waals surface area (Å²) in [6.45, 7) is 4.75. The molecule has 0 spiro atoms. The van der Waals surface area contributed by atoms with Crippen molar-refractivity contribution in [3.63, 3.8) is 0 Å². The van der Waals surface area contributed by atoms with Gasteiger partial charge in [0.2, 0.25) is 5.91 Å². The van der Waals surface area contributed by atoms with Crippen LogP contribution in [0.15, 0.2) is 72.9 Å². The van der Waals surface area contributed by atoms with Gasteiger partial charge in [-0.1, -0.05) is 48.5 Å². The SMILES string of the molecule is Cc1nn(-c2ccccc2)c(C)c1/C=C/C(=O)NC1CCCc2c1cnn2Cc1ccccc1. The van der Waals surface area contributed by atoms with Crippen molar-refractivity contribution in [2.75, 3.05) is 0 Å². The van der Waals surface area contributed by atoms with Crippen LogP contribution in [0, 0.1) is 13.8 Å². The lowest BCUT2D eigenvalue weighted by molar-refractivity contribution is -0.117. The molecule has 0 saturated heterocycles. The number of nitrogens with one attached hydrogen (secondary N) is 1. The number of amides is 1. The molecule has 1 unspecified atom stereocenters. The van der Waals surface area contributed by atoms with Crippen molar-refractivity contribution >= 4 is 12.0 Å². The van der Waals surface area contributed by atoms with Crippen LogP contribution in [0.4, 0.5) is 0 Å². The number of carbonyl (C=O) groups excluding carboxylic acids is 1. The molecule has 0 bridgehead atoms. The minimum atomic E-state index is -0.0973. The lowest BCUT2D eigenvalue weighted by atomic mass is 9.93. The summed E-state index contributed by atoms with van der Waals surface area (Å²) in [5.41, 5.74) is 7.47. The average Bonchev–Trinajstić information content (AvgIpc) is 3.40. The first-order chi connectivity index (χ1) is 16.6. The van der Waals surface area contributed by atoms with Crippen LogP contribution in [0.25, 0.3) is 11.8 Å². The largest absolute Gasteiger partial charge is 0.346 e. The van der Waals surface area contributed by atoms with Crippen molar-refractivity contribution in [2.45, 2.75) is 45.7 Å². The standard InChI is InChI=1S/C28H29N5O/c1-20-24(21(2)33(31-20)23-12-7-4-8-13-23)16-17-28(34)30-26-14-9-15-27-25(26)18-29-32(27)19-22-10-5-3-6-11-22/h3-8,10-13,16-18,26H,9,14-15,19H2,1-2H3,(H,30,34)/b17-16+. The number of rotatable bonds is 6. The van der Waals surface area contributed by atoms with Crippen molar-refractivity contribution < 1.29 is 4.79 Å². The normalized spacial score (nSPS) is 15.4. The number of fused-ring (bicyclic) bond motifs is 1. The Morgan fingerprint density at radius 3 is 2.59 bits per heavy atom. The molecule has 1 N–H and O–H groups in total. The van der Waals surface area contributed by atoms with Gasteiger partial charge in [-0.25, -0.2) is 4.68 Å². The van der Waals surface area contributed by atoms with Crippen LogP contribution < -0.4 is 5.32 Å². The summed E-state index contributed by atoms with van der Waals surface area (Å²) >= 11 is 0. The number of nitrogens with zero attached hydrogens (tertiary/aromatic N) is 4. The van der Waals surface area contributed by atoms with Gasteiger partial charge in [-0.2, -0.15) is 10.2 Å². The molecule has 2 heterocycles. The van der Waals surface area contributed by atoms with Crippen molar-refractivity contribution in [3.05, 3.63) is 107 Å². The highest BCUT2D eigenvalue weighted by Crippen LogP contribution is 2.30. The summed E-state index contributed by atoms with van der Waals surface area (Å²) in [6, 6.07) is 20.4. The lowest BCUT2D eigenvalue weighted by Crippen LogP contribution is -2.29. The molecule has 172 valence electrons. The second-order valence-electron chi connectivity index (χ2n) is 8.81. The van der Waals surface area contributed by atoms with E-state index in [1.807, 2.05) is 79.3 Å². The van der Waals surface area contributed by atoms with Crippen LogP contribution in [-0.2, 0) is 17.8 Å². The van der Waals surface area contributed by atoms with Crippen LogP contribution in [0.5, 0.6) is 0 Å². The highest BCUT2D eigenvalue weighted by Gasteiger charge is 2.25. The number of hydrogen-bond acceptors (Lipinski definition) is 3. The Bertz CT molecular complexity index is 1320. The van der Waals surface area contributed by atoms with Gasteiger partial charge in [0.1, 0.15) is 0 Å². The van der Waals surface area contributed by atoms with Gasteiger partial charge < -0.3 is 5.32 Å². The molecule has 1 aliphatic carbocycles. The minimum Gasteiger partial charge on any atom is -0.346 e. The number of aromatic nitrogens is 4. The third-order valence-electron chi connectivity index (χ3n) is 6.50. The Hall–Kier alpha value is -3.93. The molecule has 2 aromatic heterocycles. The van der Waals surface area contributed by atoms with E-state index in [1.165, 1.54) is 11.3 Å². The first-order valence-corrected chi connectivity index (χ1v) is 11.8. The molecule has 0 aliphatic heterocycles. The van der Waals surface area contributed by atoms with E-state index in [1.54, 1.807) is 6.08 Å². The third kappa shape index (κ3) is 4.44. The highest BCUT2D eigenvalue weighted by molar-refractivity contribution is 5.92. The van der Waals surface area contributed by atoms with Gasteiger partial charge >= 0.3 is 0 Å². The fourth-order valence-corrected chi connectivity index (χ4v) is 4.76. The molecule has 0 fully saturated rings. The fraction of sp³-hybridized carbons (Fsp3) is 0.250. The number of para-hydroxylation sites is 1. The third-order valence-corrected chi connectivity index (χ3v) is 6.50. The number of hydrogen-bond donors (Lipinski definition) is 1. The van der Waals surface area contributed by atoms with E-state index in [4.69, 9.17) is 0 Å². The van der Waals surface area contributed by atoms with E-state index in [0.29, 0.717) is 0 Å². The molecule has 1 atom stereocenters. The van der Waals surface area contributed by atoms with E-state index in [0.717, 1.165) is 54.0 Å². The number of carbonyl (C=O) groups is 1. The molecule has 34 heavy (non-hydrogen) atoms. The number of benzene rings is 2. The van der Waals surface area contributed by atoms with Crippen LogP contribution >= 0.6 is 0 Å². The number of aryl methyl sites for hydroxylation is 1. The summed E-state index contributed by atoms with van der Waals surface area (Å²) in [5.74, 6) is -0.0973. The monoisotopic (exact) mass is 451 g/mol. The minimum absolute atomic E-state index is 0.0142. The van der Waals surface area contributed by atoms with Gasteiger partial charge in [-0.15, -0.1) is 0 Å². The van der Waals surface area contributed by atoms with Gasteiger partial charge in [-0.3, -0.25) is 9.48 Å². The van der Waals surface area contributed by atoms with Crippen LogP contribution in [0.1, 0.15) is 52.7 Å². The molecule has 2 aromatic carbocycles. The summed E-state index contributed by atoms with van der Waals surface area (Å²) in [4.78, 5) is 12.8. The molecule has 6 heteroatoms. The second kappa shape index (κ2) is 9.51. The quantitative estimate of drug-likeness (QED) is 0.422. The smallest absolute Gasteiger partial charge is 0.244 e. The molecule has 5 rings (SSSR count). The maximum atomic E-state index is 12.8. The Labute approximate surface area is 199 Å². The van der Waals surface area contributed by atoms with Gasteiger partial charge in [-0.05, 0) is 56.9 Å². The molecule has 6 nitrogen and oxygen atoms in total. The molecule has 1 aliphatic rings. The summed E-state index contributed by atoms with van der Waals surface area (Å²) in [7, 11) is 0. The maximum absolute atomic E-state index is 12.8. The van der Waals surface area contributed by atoms with Crippen molar-refractivity contribution in [3.8, 4) is 5.69 Å². The lowest BCUT2D eigenvalue weighted by Gasteiger charge is -2.23. The van der Waals surface area contributed by atoms with E-state index >= 15 is 0 Å². The predicted molar refractivity (Wildman–Crippen MR) is 134 cm³/mol. The zero-order valence-corrected chi connectivity index (χ0v) is 19.6. The zero-order valence-electron chi connectivity index (χ0n) is 19.6. The molecule has 4 aromatic rings. The average molecular weight is 452 g/mol. The van der Waals surface area contributed by atoms with Gasteiger partial charge in [0, 0.05) is 28.6 Å². The predicted octanol–water partition coefficient (Wildman–Crippen LogP) is 4.94. The van der Waals surface area contributed by atoms with Crippen molar-refractivity contribution in [2.24, 2.45) is 0 Å². The first-order valence-electron chi connectivity index (χ1n) is 11.8. The van der Waals surface area contributed by atoms with Crippen molar-refractivity contribution in [1.29, 1.82) is 0 Å². The highest BCUT2D eigenvalue weighted by atomic mass is 16.1. The topological polar surface area (TPSA) is 64.7 Å². The fourth-order valence-electron chi connectivity index (χ4n) is 4.76. The molecule has 0 radical (unpaired) electrons. The molecular formula is C28H29N5O. The van der Waals surface area contributed by atoms with Gasteiger partial charge in [0.25, 0.3) is 0 Å². The molecule has 1 amide bonds. The molecular weight excluding hydrogens is 422 g/mol. The van der Waals surface area contributed by atoms with Crippen molar-refractivity contribution in [1.82, 2.24) is 24.9 Å². The molecule has 0 saturated carbocycles.